The van der Waals surface area contributed by atoms with Gasteiger partial charge in [-0.2, -0.15) is 0 Å². The van der Waals surface area contributed by atoms with Gasteiger partial charge in [0.2, 0.25) is 0 Å². The first-order valence-electron chi connectivity index (χ1n) is 4.98. The smallest absolute Gasteiger partial charge is 0.0944 e. The number of hydrogen-bond donors (Lipinski definition) is 0. The van der Waals surface area contributed by atoms with Gasteiger partial charge in [0.1, 0.15) is 0 Å². The largest absolute Gasteiger partial charge is 0.241 e. The molecule has 0 spiro atoms. The number of halogens is 1. The molecule has 84 valence electrons. The molecular weight excluding hydrogens is 258 g/mol. The lowest BCUT2D eigenvalue weighted by Crippen LogP contribution is -1.84. The highest BCUT2D eigenvalue weighted by atomic mass is 35.5. The van der Waals surface area contributed by atoms with Crippen LogP contribution in [0.5, 0.6) is 0 Å². The first-order chi connectivity index (χ1) is 7.83. The maximum atomic E-state index is 5.69. The van der Waals surface area contributed by atoms with Crippen molar-refractivity contribution >= 4 is 34.7 Å². The molecule has 0 atom stereocenters. The Morgan fingerprint density at radius 2 is 2.06 bits per heavy atom. The van der Waals surface area contributed by atoms with Crippen molar-refractivity contribution in [2.24, 2.45) is 0 Å². The Labute approximate surface area is 109 Å². The van der Waals surface area contributed by atoms with E-state index in [1.54, 1.807) is 23.1 Å². The lowest BCUT2D eigenvalue weighted by molar-refractivity contribution is 1.10. The van der Waals surface area contributed by atoms with Crippen LogP contribution in [0.4, 0.5) is 0 Å². The number of rotatable bonds is 4. The Kier molecular flexibility index (Phi) is 4.27. The molecule has 4 heteroatoms. The normalized spacial score (nSPS) is 10.6. The number of benzene rings is 1. The fraction of sp³-hybridized carbons (Fsp3) is 0.250. The average Bonchev–Trinajstić information content (AvgIpc) is 2.78. The van der Waals surface area contributed by atoms with Crippen LogP contribution in [-0.4, -0.2) is 17.1 Å². The highest BCUT2D eigenvalue weighted by Gasteiger charge is 2.03. The predicted molar refractivity (Wildman–Crippen MR) is 73.8 cm³/mol. The zero-order chi connectivity index (χ0) is 11.4. The van der Waals surface area contributed by atoms with E-state index in [2.05, 4.69) is 40.9 Å². The first kappa shape index (κ1) is 12.0. The average molecular weight is 270 g/mol. The van der Waals surface area contributed by atoms with Crippen molar-refractivity contribution < 1.29 is 0 Å². The van der Waals surface area contributed by atoms with Crippen LogP contribution < -0.4 is 0 Å². The molecule has 0 aliphatic rings. The topological polar surface area (TPSA) is 12.9 Å². The minimum Gasteiger partial charge on any atom is -0.241 e. The quantitative estimate of drug-likeness (QED) is 0.606. The number of hydrogen-bond acceptors (Lipinski definition) is 3. The fourth-order valence-electron chi connectivity index (χ4n) is 1.40. The van der Waals surface area contributed by atoms with Crippen molar-refractivity contribution in [3.63, 3.8) is 0 Å². The van der Waals surface area contributed by atoms with Crippen LogP contribution in [-0.2, 0) is 6.42 Å². The molecule has 2 aromatic rings. The minimum absolute atomic E-state index is 0.637. The fourth-order valence-corrected chi connectivity index (χ4v) is 2.91. The maximum absolute atomic E-state index is 5.69. The Morgan fingerprint density at radius 3 is 2.69 bits per heavy atom. The maximum Gasteiger partial charge on any atom is 0.0944 e. The van der Waals surface area contributed by atoms with E-state index in [4.69, 9.17) is 11.6 Å². The number of aromatic nitrogens is 1. The molecule has 1 heterocycles. The Balaban J connectivity index is 2.21. The van der Waals surface area contributed by atoms with Crippen LogP contribution in [0.3, 0.4) is 0 Å². The number of thioether (sulfide) groups is 1. The number of thiazole rings is 1. The van der Waals surface area contributed by atoms with Crippen LogP contribution in [0, 0.1) is 0 Å². The van der Waals surface area contributed by atoms with Gasteiger partial charge in [0, 0.05) is 28.1 Å². The summed E-state index contributed by atoms with van der Waals surface area (Å²) >= 11 is 9.12. The van der Waals surface area contributed by atoms with Gasteiger partial charge in [-0.05, 0) is 18.4 Å². The zero-order valence-electron chi connectivity index (χ0n) is 8.94. The van der Waals surface area contributed by atoms with Crippen molar-refractivity contribution in [2.75, 3.05) is 12.1 Å². The second-order valence-corrected chi connectivity index (χ2v) is 5.49. The number of alkyl halides is 1. The second kappa shape index (κ2) is 5.71. The molecule has 0 saturated carbocycles. The summed E-state index contributed by atoms with van der Waals surface area (Å²) in [7, 11) is 0. The molecule has 2 rings (SSSR count). The molecule has 1 aromatic carbocycles. The molecule has 0 unspecified atom stereocenters. The Morgan fingerprint density at radius 1 is 1.31 bits per heavy atom. The molecule has 0 N–H and O–H groups in total. The number of nitrogens with zero attached hydrogens (tertiary/aromatic N) is 1. The molecule has 0 radical (unpaired) electrons. The van der Waals surface area contributed by atoms with Crippen molar-refractivity contribution in [1.82, 2.24) is 4.98 Å². The van der Waals surface area contributed by atoms with E-state index >= 15 is 0 Å². The van der Waals surface area contributed by atoms with Gasteiger partial charge in [-0.15, -0.1) is 34.7 Å². The van der Waals surface area contributed by atoms with Gasteiger partial charge in [0.05, 0.1) is 10.7 Å². The standard InChI is InChI=1S/C12H12ClNS2/c1-15-10-4-2-9(3-5-10)11-8-16-12(14-11)6-7-13/h2-5,8H,6-7H2,1H3. The second-order valence-electron chi connectivity index (χ2n) is 3.29. The summed E-state index contributed by atoms with van der Waals surface area (Å²) in [4.78, 5) is 5.83. The van der Waals surface area contributed by atoms with E-state index in [0.717, 1.165) is 17.1 Å². The van der Waals surface area contributed by atoms with Gasteiger partial charge in [0.15, 0.2) is 0 Å². The monoisotopic (exact) mass is 269 g/mol. The van der Waals surface area contributed by atoms with Crippen molar-refractivity contribution in [3.8, 4) is 11.3 Å². The zero-order valence-corrected chi connectivity index (χ0v) is 11.3. The van der Waals surface area contributed by atoms with Crippen molar-refractivity contribution in [3.05, 3.63) is 34.7 Å². The molecule has 1 nitrogen and oxygen atoms in total. The van der Waals surface area contributed by atoms with Crippen molar-refractivity contribution in [1.29, 1.82) is 0 Å². The van der Waals surface area contributed by atoms with Crippen LogP contribution in [0.15, 0.2) is 34.5 Å². The molecule has 0 fully saturated rings. The summed E-state index contributed by atoms with van der Waals surface area (Å²) in [6, 6.07) is 8.48. The highest BCUT2D eigenvalue weighted by Crippen LogP contribution is 2.24. The van der Waals surface area contributed by atoms with Gasteiger partial charge in [0.25, 0.3) is 0 Å². The Bertz CT molecular complexity index is 450. The molecule has 16 heavy (non-hydrogen) atoms. The van der Waals surface area contributed by atoms with Gasteiger partial charge in [-0.25, -0.2) is 4.98 Å². The lowest BCUT2D eigenvalue weighted by atomic mass is 10.2. The summed E-state index contributed by atoms with van der Waals surface area (Å²) in [5.41, 5.74) is 2.23. The van der Waals surface area contributed by atoms with Crippen LogP contribution >= 0.6 is 34.7 Å². The van der Waals surface area contributed by atoms with E-state index in [9.17, 15) is 0 Å². The summed E-state index contributed by atoms with van der Waals surface area (Å²) in [6.45, 7) is 0. The third kappa shape index (κ3) is 2.78. The third-order valence-electron chi connectivity index (χ3n) is 2.25. The van der Waals surface area contributed by atoms with E-state index in [1.807, 2.05) is 0 Å². The van der Waals surface area contributed by atoms with E-state index in [-0.39, 0.29) is 0 Å². The summed E-state index contributed by atoms with van der Waals surface area (Å²) in [5.74, 6) is 0.637. The van der Waals surface area contributed by atoms with Crippen LogP contribution in [0.2, 0.25) is 0 Å². The molecule has 0 amide bonds. The van der Waals surface area contributed by atoms with Crippen molar-refractivity contribution in [2.45, 2.75) is 11.3 Å². The minimum atomic E-state index is 0.637. The van der Waals surface area contributed by atoms with Gasteiger partial charge in [-0.3, -0.25) is 0 Å². The molecule has 0 aliphatic heterocycles. The number of aryl methyl sites for hydroxylation is 1. The molecule has 1 aromatic heterocycles. The lowest BCUT2D eigenvalue weighted by Gasteiger charge is -1.98. The van der Waals surface area contributed by atoms with E-state index < -0.39 is 0 Å². The highest BCUT2D eigenvalue weighted by molar-refractivity contribution is 7.98. The molecule has 0 saturated heterocycles. The predicted octanol–water partition coefficient (Wildman–Crippen LogP) is 4.31. The molecule has 0 aliphatic carbocycles. The molecule has 0 bridgehead atoms. The summed E-state index contributed by atoms with van der Waals surface area (Å²) in [6.07, 6.45) is 2.94. The van der Waals surface area contributed by atoms with Crippen LogP contribution in [0.25, 0.3) is 11.3 Å². The van der Waals surface area contributed by atoms with E-state index in [0.29, 0.717) is 5.88 Å². The van der Waals surface area contributed by atoms with E-state index in [1.165, 1.54) is 10.5 Å². The Hall–Kier alpha value is -0.510. The molecular formula is C12H12ClNS2. The third-order valence-corrected chi connectivity index (χ3v) is 4.09. The summed E-state index contributed by atoms with van der Waals surface area (Å²) in [5, 5.41) is 3.20. The van der Waals surface area contributed by atoms with Gasteiger partial charge in [-0.1, -0.05) is 12.1 Å². The van der Waals surface area contributed by atoms with Gasteiger partial charge < -0.3 is 0 Å². The summed E-state index contributed by atoms with van der Waals surface area (Å²) < 4.78 is 0. The van der Waals surface area contributed by atoms with Crippen LogP contribution in [0.1, 0.15) is 5.01 Å². The SMILES string of the molecule is CSc1ccc(-c2csc(CCCl)n2)cc1. The first-order valence-corrected chi connectivity index (χ1v) is 7.62. The van der Waals surface area contributed by atoms with Gasteiger partial charge >= 0.3 is 0 Å².